The van der Waals surface area contributed by atoms with Gasteiger partial charge in [-0.05, 0) is 25.5 Å². The second-order valence-corrected chi connectivity index (χ2v) is 4.59. The van der Waals surface area contributed by atoms with Gasteiger partial charge < -0.3 is 5.11 Å². The zero-order valence-corrected chi connectivity index (χ0v) is 8.65. The van der Waals surface area contributed by atoms with Crippen LogP contribution in [0.2, 0.25) is 0 Å². The highest BCUT2D eigenvalue weighted by molar-refractivity contribution is 7.99. The van der Waals surface area contributed by atoms with Crippen LogP contribution in [0.25, 0.3) is 0 Å². The zero-order valence-electron chi connectivity index (χ0n) is 7.83. The van der Waals surface area contributed by atoms with Crippen molar-refractivity contribution in [2.24, 2.45) is 0 Å². The zero-order chi connectivity index (χ0) is 8.81. The number of hydrogen-bond donors (Lipinski definition) is 1. The second-order valence-electron chi connectivity index (χ2n) is 3.36. The molecule has 0 spiro atoms. The molecule has 0 bridgehead atoms. The van der Waals surface area contributed by atoms with E-state index in [0.717, 1.165) is 13.0 Å². The van der Waals surface area contributed by atoms with Gasteiger partial charge in [0.25, 0.3) is 0 Å². The molecule has 1 atom stereocenters. The molecule has 0 saturated carbocycles. The summed E-state index contributed by atoms with van der Waals surface area (Å²) in [6, 6.07) is 0.714. The Morgan fingerprint density at radius 1 is 1.50 bits per heavy atom. The van der Waals surface area contributed by atoms with Crippen molar-refractivity contribution in [2.75, 3.05) is 31.2 Å². The third-order valence-corrected chi connectivity index (χ3v) is 3.43. The molecule has 72 valence electrons. The molecule has 2 nitrogen and oxygen atoms in total. The van der Waals surface area contributed by atoms with Gasteiger partial charge in [0.2, 0.25) is 0 Å². The van der Waals surface area contributed by atoms with E-state index < -0.39 is 0 Å². The van der Waals surface area contributed by atoms with E-state index in [1.807, 2.05) is 0 Å². The van der Waals surface area contributed by atoms with Gasteiger partial charge in [-0.15, -0.1) is 0 Å². The molecule has 1 heterocycles. The molecular weight excluding hydrogens is 170 g/mol. The Morgan fingerprint density at radius 2 is 2.33 bits per heavy atom. The van der Waals surface area contributed by atoms with Crippen LogP contribution in [0.15, 0.2) is 0 Å². The lowest BCUT2D eigenvalue weighted by molar-refractivity contribution is 0.191. The first-order valence-corrected chi connectivity index (χ1v) is 5.92. The van der Waals surface area contributed by atoms with Gasteiger partial charge in [0.15, 0.2) is 0 Å². The highest BCUT2D eigenvalue weighted by atomic mass is 32.2. The third-order valence-electron chi connectivity index (χ3n) is 2.43. The maximum atomic E-state index is 8.72. The Kier molecular flexibility index (Phi) is 5.04. The Morgan fingerprint density at radius 3 is 3.08 bits per heavy atom. The summed E-state index contributed by atoms with van der Waals surface area (Å²) < 4.78 is 0. The van der Waals surface area contributed by atoms with E-state index in [1.54, 1.807) is 0 Å². The standard InChI is InChI=1S/C9H19NOS/c1-9-3-7-12-8-5-10(9)4-2-6-11/h9,11H,2-8H2,1H3. The smallest absolute Gasteiger partial charge is 0.0443 e. The topological polar surface area (TPSA) is 23.5 Å². The fourth-order valence-corrected chi connectivity index (χ4v) is 2.62. The first-order chi connectivity index (χ1) is 5.84. The third kappa shape index (κ3) is 3.33. The van der Waals surface area contributed by atoms with Crippen molar-refractivity contribution < 1.29 is 5.11 Å². The van der Waals surface area contributed by atoms with Crippen LogP contribution in [0.5, 0.6) is 0 Å². The quantitative estimate of drug-likeness (QED) is 0.721. The summed E-state index contributed by atoms with van der Waals surface area (Å²) in [4.78, 5) is 2.50. The predicted octanol–water partition coefficient (Wildman–Crippen LogP) is 1.20. The Labute approximate surface area is 79.3 Å². The molecule has 1 saturated heterocycles. The number of aliphatic hydroxyl groups excluding tert-OH is 1. The van der Waals surface area contributed by atoms with Gasteiger partial charge in [0.05, 0.1) is 0 Å². The second kappa shape index (κ2) is 5.84. The molecule has 1 unspecified atom stereocenters. The summed E-state index contributed by atoms with van der Waals surface area (Å²) in [7, 11) is 0. The lowest BCUT2D eigenvalue weighted by atomic mass is 10.2. The fourth-order valence-electron chi connectivity index (χ4n) is 1.55. The van der Waals surface area contributed by atoms with Crippen LogP contribution in [0, 0.1) is 0 Å². The summed E-state index contributed by atoms with van der Waals surface area (Å²) in [6.45, 7) is 4.89. The van der Waals surface area contributed by atoms with E-state index in [-0.39, 0.29) is 0 Å². The number of thioether (sulfide) groups is 1. The average Bonchev–Trinajstić information content (AvgIpc) is 2.27. The summed E-state index contributed by atoms with van der Waals surface area (Å²) >= 11 is 2.05. The van der Waals surface area contributed by atoms with Crippen molar-refractivity contribution in [3.8, 4) is 0 Å². The number of nitrogens with zero attached hydrogens (tertiary/aromatic N) is 1. The predicted molar refractivity (Wildman–Crippen MR) is 54.7 cm³/mol. The largest absolute Gasteiger partial charge is 0.396 e. The maximum Gasteiger partial charge on any atom is 0.0443 e. The van der Waals surface area contributed by atoms with Gasteiger partial charge in [0.1, 0.15) is 0 Å². The minimum absolute atomic E-state index is 0.330. The van der Waals surface area contributed by atoms with Crippen molar-refractivity contribution >= 4 is 11.8 Å². The highest BCUT2D eigenvalue weighted by Crippen LogP contribution is 2.15. The van der Waals surface area contributed by atoms with Crippen LogP contribution in [-0.2, 0) is 0 Å². The Bertz CT molecular complexity index is 121. The average molecular weight is 189 g/mol. The van der Waals surface area contributed by atoms with E-state index >= 15 is 0 Å². The molecule has 0 aromatic heterocycles. The number of hydrogen-bond acceptors (Lipinski definition) is 3. The normalized spacial score (nSPS) is 27.0. The van der Waals surface area contributed by atoms with Crippen molar-refractivity contribution in [1.82, 2.24) is 4.90 Å². The molecule has 0 radical (unpaired) electrons. The monoisotopic (exact) mass is 189 g/mol. The van der Waals surface area contributed by atoms with E-state index in [0.29, 0.717) is 12.6 Å². The minimum Gasteiger partial charge on any atom is -0.396 e. The molecule has 1 aliphatic rings. The van der Waals surface area contributed by atoms with Crippen molar-refractivity contribution in [1.29, 1.82) is 0 Å². The van der Waals surface area contributed by atoms with Crippen LogP contribution in [0.4, 0.5) is 0 Å². The summed E-state index contributed by atoms with van der Waals surface area (Å²) in [5, 5.41) is 8.72. The number of aliphatic hydroxyl groups is 1. The Balaban J connectivity index is 2.26. The first kappa shape index (κ1) is 10.4. The van der Waals surface area contributed by atoms with E-state index in [2.05, 4.69) is 23.6 Å². The molecule has 0 aromatic carbocycles. The molecule has 1 fully saturated rings. The molecule has 1 N–H and O–H groups in total. The van der Waals surface area contributed by atoms with E-state index in [9.17, 15) is 0 Å². The Hall–Kier alpha value is 0.270. The molecule has 12 heavy (non-hydrogen) atoms. The summed E-state index contributed by atoms with van der Waals surface area (Å²) in [5.74, 6) is 2.56. The van der Waals surface area contributed by atoms with Gasteiger partial charge in [-0.25, -0.2) is 0 Å². The van der Waals surface area contributed by atoms with Crippen LogP contribution in [0.3, 0.4) is 0 Å². The van der Waals surface area contributed by atoms with Crippen LogP contribution in [-0.4, -0.2) is 47.3 Å². The molecule has 0 aliphatic carbocycles. The van der Waals surface area contributed by atoms with Crippen LogP contribution in [0.1, 0.15) is 19.8 Å². The lowest BCUT2D eigenvalue weighted by Gasteiger charge is -2.25. The van der Waals surface area contributed by atoms with E-state index in [4.69, 9.17) is 5.11 Å². The molecular formula is C9H19NOS. The molecule has 3 heteroatoms. The molecule has 1 aliphatic heterocycles. The SMILES string of the molecule is CC1CCSCCN1CCCO. The number of rotatable bonds is 3. The van der Waals surface area contributed by atoms with Gasteiger partial charge in [-0.3, -0.25) is 4.90 Å². The highest BCUT2D eigenvalue weighted by Gasteiger charge is 2.15. The minimum atomic E-state index is 0.330. The molecule has 0 amide bonds. The lowest BCUT2D eigenvalue weighted by Crippen LogP contribution is -2.34. The van der Waals surface area contributed by atoms with Gasteiger partial charge in [-0.1, -0.05) is 0 Å². The summed E-state index contributed by atoms with van der Waals surface area (Å²) in [5.41, 5.74) is 0. The first-order valence-electron chi connectivity index (χ1n) is 4.77. The van der Waals surface area contributed by atoms with Crippen molar-refractivity contribution in [2.45, 2.75) is 25.8 Å². The van der Waals surface area contributed by atoms with Crippen LogP contribution < -0.4 is 0 Å². The van der Waals surface area contributed by atoms with Crippen molar-refractivity contribution in [3.05, 3.63) is 0 Å². The van der Waals surface area contributed by atoms with Gasteiger partial charge in [-0.2, -0.15) is 11.8 Å². The van der Waals surface area contributed by atoms with E-state index in [1.165, 1.54) is 24.5 Å². The van der Waals surface area contributed by atoms with Gasteiger partial charge in [0, 0.05) is 31.5 Å². The maximum absolute atomic E-state index is 8.72. The summed E-state index contributed by atoms with van der Waals surface area (Å²) in [6.07, 6.45) is 2.23. The van der Waals surface area contributed by atoms with Crippen molar-refractivity contribution in [3.63, 3.8) is 0 Å². The van der Waals surface area contributed by atoms with Crippen LogP contribution >= 0.6 is 11.8 Å². The molecule has 0 aromatic rings. The van der Waals surface area contributed by atoms with Gasteiger partial charge >= 0.3 is 0 Å². The molecule has 1 rings (SSSR count). The fraction of sp³-hybridized carbons (Fsp3) is 1.00.